The Labute approximate surface area is 116 Å². The first-order valence-corrected chi connectivity index (χ1v) is 6.93. The van der Waals surface area contributed by atoms with Gasteiger partial charge in [0.15, 0.2) is 12.0 Å². The van der Waals surface area contributed by atoms with Crippen LogP contribution in [0.1, 0.15) is 17.9 Å². The number of nitrogens with one attached hydrogen (secondary N) is 1. The molecule has 0 bridgehead atoms. The van der Waals surface area contributed by atoms with Crippen molar-refractivity contribution in [1.29, 1.82) is 0 Å². The minimum Gasteiger partial charge on any atom is -0.443 e. The van der Waals surface area contributed by atoms with Crippen LogP contribution in [0.5, 0.6) is 0 Å². The number of fused-ring (bicyclic) bond motifs is 2. The zero-order valence-electron chi connectivity index (χ0n) is 11.4. The SMILES string of the molecule is CNCc1nc(-c2ccc3ncoc3c2)c2n1CCC2. The van der Waals surface area contributed by atoms with Crippen molar-refractivity contribution < 1.29 is 4.42 Å². The monoisotopic (exact) mass is 268 g/mol. The van der Waals surface area contributed by atoms with E-state index >= 15 is 0 Å². The molecule has 0 unspecified atom stereocenters. The third-order valence-corrected chi connectivity index (χ3v) is 3.89. The second-order valence-electron chi connectivity index (χ2n) is 5.14. The van der Waals surface area contributed by atoms with Crippen LogP contribution in [0.15, 0.2) is 29.0 Å². The number of hydrogen-bond donors (Lipinski definition) is 1. The third kappa shape index (κ3) is 1.67. The van der Waals surface area contributed by atoms with E-state index in [0.29, 0.717) is 0 Å². The van der Waals surface area contributed by atoms with E-state index in [1.165, 1.54) is 18.5 Å². The van der Waals surface area contributed by atoms with E-state index in [9.17, 15) is 0 Å². The normalized spacial score (nSPS) is 14.1. The van der Waals surface area contributed by atoms with Gasteiger partial charge < -0.3 is 14.3 Å². The Morgan fingerprint density at radius 1 is 1.40 bits per heavy atom. The highest BCUT2D eigenvalue weighted by atomic mass is 16.3. The van der Waals surface area contributed by atoms with Crippen LogP contribution in [0, 0.1) is 0 Å². The van der Waals surface area contributed by atoms with Gasteiger partial charge in [0.05, 0.1) is 12.2 Å². The summed E-state index contributed by atoms with van der Waals surface area (Å²) in [5.41, 5.74) is 5.25. The Hall–Kier alpha value is -2.14. The Morgan fingerprint density at radius 2 is 2.35 bits per heavy atom. The first-order valence-electron chi connectivity index (χ1n) is 6.93. The van der Waals surface area contributed by atoms with Gasteiger partial charge in [-0.15, -0.1) is 0 Å². The second kappa shape index (κ2) is 4.45. The maximum atomic E-state index is 5.40. The third-order valence-electron chi connectivity index (χ3n) is 3.89. The predicted molar refractivity (Wildman–Crippen MR) is 76.3 cm³/mol. The van der Waals surface area contributed by atoms with Crippen LogP contribution in [0.3, 0.4) is 0 Å². The lowest BCUT2D eigenvalue weighted by Crippen LogP contribution is -2.11. The van der Waals surface area contributed by atoms with Gasteiger partial charge in [0, 0.05) is 17.8 Å². The zero-order valence-corrected chi connectivity index (χ0v) is 11.4. The summed E-state index contributed by atoms with van der Waals surface area (Å²) < 4.78 is 7.74. The fraction of sp³-hybridized carbons (Fsp3) is 0.333. The number of oxazole rings is 1. The summed E-state index contributed by atoms with van der Waals surface area (Å²) in [6, 6.07) is 6.11. The van der Waals surface area contributed by atoms with Gasteiger partial charge in [-0.1, -0.05) is 6.07 Å². The molecule has 0 atom stereocenters. The van der Waals surface area contributed by atoms with Gasteiger partial charge in [0.25, 0.3) is 0 Å². The van der Waals surface area contributed by atoms with Crippen molar-refractivity contribution in [2.24, 2.45) is 0 Å². The van der Waals surface area contributed by atoms with E-state index in [2.05, 4.69) is 20.9 Å². The molecule has 3 aromatic rings. The van der Waals surface area contributed by atoms with Crippen LogP contribution in [-0.4, -0.2) is 21.6 Å². The smallest absolute Gasteiger partial charge is 0.181 e. The van der Waals surface area contributed by atoms with Crippen LogP contribution < -0.4 is 5.32 Å². The lowest BCUT2D eigenvalue weighted by atomic mass is 10.1. The van der Waals surface area contributed by atoms with E-state index < -0.39 is 0 Å². The standard InChI is InChI=1S/C15H16N4O/c1-16-8-14-18-15(12-3-2-6-19(12)14)10-4-5-11-13(7-10)20-9-17-11/h4-5,7,9,16H,2-3,6,8H2,1H3. The lowest BCUT2D eigenvalue weighted by molar-refractivity contribution is 0.602. The van der Waals surface area contributed by atoms with Crippen molar-refractivity contribution in [3.05, 3.63) is 36.1 Å². The Balaban J connectivity index is 1.86. The first kappa shape index (κ1) is 11.7. The molecule has 5 heteroatoms. The van der Waals surface area contributed by atoms with Crippen LogP contribution in [-0.2, 0) is 19.5 Å². The molecule has 0 saturated heterocycles. The Bertz CT molecular complexity index is 771. The summed E-state index contributed by atoms with van der Waals surface area (Å²) in [5, 5.41) is 3.19. The van der Waals surface area contributed by atoms with Crippen molar-refractivity contribution in [1.82, 2.24) is 19.9 Å². The Kier molecular flexibility index (Phi) is 2.60. The molecule has 1 aliphatic heterocycles. The molecule has 1 N–H and O–H groups in total. The molecule has 0 radical (unpaired) electrons. The molecular weight excluding hydrogens is 252 g/mol. The van der Waals surface area contributed by atoms with Crippen molar-refractivity contribution >= 4 is 11.1 Å². The number of rotatable bonds is 3. The molecule has 4 rings (SSSR count). The molecule has 1 aromatic carbocycles. The summed E-state index contributed by atoms with van der Waals surface area (Å²) in [6.45, 7) is 1.88. The maximum Gasteiger partial charge on any atom is 0.181 e. The molecular formula is C15H16N4O. The largest absolute Gasteiger partial charge is 0.443 e. The average Bonchev–Trinajstić information content (AvgIpc) is 3.14. The highest BCUT2D eigenvalue weighted by molar-refractivity contribution is 5.79. The number of hydrogen-bond acceptors (Lipinski definition) is 4. The maximum absolute atomic E-state index is 5.40. The molecule has 102 valence electrons. The number of nitrogens with zero attached hydrogens (tertiary/aromatic N) is 3. The predicted octanol–water partition coefficient (Wildman–Crippen LogP) is 2.36. The topological polar surface area (TPSA) is 55.9 Å². The van der Waals surface area contributed by atoms with Crippen molar-refractivity contribution in [3.8, 4) is 11.3 Å². The first-order chi connectivity index (χ1) is 9.86. The number of imidazole rings is 1. The summed E-state index contributed by atoms with van der Waals surface area (Å²) in [4.78, 5) is 8.98. The van der Waals surface area contributed by atoms with Crippen LogP contribution in [0.4, 0.5) is 0 Å². The molecule has 0 aliphatic carbocycles. The van der Waals surface area contributed by atoms with Crippen LogP contribution >= 0.6 is 0 Å². The number of benzene rings is 1. The van der Waals surface area contributed by atoms with Crippen LogP contribution in [0.25, 0.3) is 22.4 Å². The van der Waals surface area contributed by atoms with E-state index in [4.69, 9.17) is 9.40 Å². The van der Waals surface area contributed by atoms with Crippen molar-refractivity contribution in [2.75, 3.05) is 7.05 Å². The van der Waals surface area contributed by atoms with Crippen molar-refractivity contribution in [2.45, 2.75) is 25.9 Å². The highest BCUT2D eigenvalue weighted by Crippen LogP contribution is 2.31. The van der Waals surface area contributed by atoms with E-state index in [1.54, 1.807) is 0 Å². The second-order valence-corrected chi connectivity index (χ2v) is 5.14. The van der Waals surface area contributed by atoms with Gasteiger partial charge in [0.1, 0.15) is 11.3 Å². The van der Waals surface area contributed by atoms with Gasteiger partial charge in [-0.25, -0.2) is 9.97 Å². The fourth-order valence-electron chi connectivity index (χ4n) is 2.99. The summed E-state index contributed by atoms with van der Waals surface area (Å²) >= 11 is 0. The molecule has 0 spiro atoms. The van der Waals surface area contributed by atoms with Gasteiger partial charge in [-0.3, -0.25) is 0 Å². The fourth-order valence-corrected chi connectivity index (χ4v) is 2.99. The minimum absolute atomic E-state index is 0.803. The van der Waals surface area contributed by atoms with Gasteiger partial charge >= 0.3 is 0 Å². The molecule has 0 saturated carbocycles. The number of aromatic nitrogens is 3. The average molecular weight is 268 g/mol. The Morgan fingerprint density at radius 3 is 3.25 bits per heavy atom. The molecule has 3 heterocycles. The molecule has 2 aromatic heterocycles. The van der Waals surface area contributed by atoms with Gasteiger partial charge in [-0.2, -0.15) is 0 Å². The molecule has 1 aliphatic rings. The van der Waals surface area contributed by atoms with E-state index in [0.717, 1.165) is 47.7 Å². The van der Waals surface area contributed by atoms with Gasteiger partial charge in [0.2, 0.25) is 0 Å². The van der Waals surface area contributed by atoms with Crippen LogP contribution in [0.2, 0.25) is 0 Å². The molecule has 0 amide bonds. The minimum atomic E-state index is 0.803. The van der Waals surface area contributed by atoms with E-state index in [-0.39, 0.29) is 0 Å². The van der Waals surface area contributed by atoms with Crippen molar-refractivity contribution in [3.63, 3.8) is 0 Å². The highest BCUT2D eigenvalue weighted by Gasteiger charge is 2.22. The summed E-state index contributed by atoms with van der Waals surface area (Å²) in [7, 11) is 1.96. The summed E-state index contributed by atoms with van der Waals surface area (Å²) in [6.07, 6.45) is 3.78. The molecule has 5 nitrogen and oxygen atoms in total. The molecule has 0 fully saturated rings. The quantitative estimate of drug-likeness (QED) is 0.792. The zero-order chi connectivity index (χ0) is 13.5. The summed E-state index contributed by atoms with van der Waals surface area (Å²) in [5.74, 6) is 1.12. The molecule has 20 heavy (non-hydrogen) atoms. The lowest BCUT2D eigenvalue weighted by Gasteiger charge is -2.01. The van der Waals surface area contributed by atoms with Gasteiger partial charge in [-0.05, 0) is 32.0 Å². The van der Waals surface area contributed by atoms with E-state index in [1.807, 2.05) is 19.2 Å².